The number of hydrogen-bond acceptors (Lipinski definition) is 3. The van der Waals surface area contributed by atoms with Crippen LogP contribution >= 0.6 is 0 Å². The molecule has 27 heavy (non-hydrogen) atoms. The Kier molecular flexibility index (Phi) is 6.28. The molecule has 0 aliphatic rings. The highest BCUT2D eigenvalue weighted by atomic mass is 32.2. The van der Waals surface area contributed by atoms with E-state index < -0.39 is 15.6 Å². The van der Waals surface area contributed by atoms with Gasteiger partial charge in [-0.05, 0) is 51.0 Å². The van der Waals surface area contributed by atoms with Crippen molar-refractivity contribution in [3.05, 3.63) is 59.7 Å². The van der Waals surface area contributed by atoms with Crippen LogP contribution in [-0.2, 0) is 16.6 Å². The molecular formula is C20H27N3O3S. The van der Waals surface area contributed by atoms with Crippen LogP contribution in [0.3, 0.4) is 0 Å². The van der Waals surface area contributed by atoms with Crippen LogP contribution in [0.2, 0.25) is 0 Å². The van der Waals surface area contributed by atoms with Gasteiger partial charge in [-0.2, -0.15) is 0 Å². The van der Waals surface area contributed by atoms with E-state index in [1.54, 1.807) is 46.9 Å². The fraction of sp³-hybridized carbons (Fsp3) is 0.350. The maximum atomic E-state index is 12.7. The number of sulfonamides is 1. The van der Waals surface area contributed by atoms with E-state index in [-0.39, 0.29) is 10.9 Å². The Morgan fingerprint density at radius 1 is 1.07 bits per heavy atom. The standard InChI is InChI=1S/C20H27N3O3S/c1-15-11-12-17(13-18(15)27(25,26)22-20(2,3)4)23(5)19(24)21-14-16-9-7-6-8-10-16/h6-13,22H,14H2,1-5H3,(H,21,24). The van der Waals surface area contributed by atoms with E-state index in [2.05, 4.69) is 10.0 Å². The smallest absolute Gasteiger partial charge is 0.321 e. The van der Waals surface area contributed by atoms with Crippen LogP contribution in [0.15, 0.2) is 53.4 Å². The van der Waals surface area contributed by atoms with Crippen molar-refractivity contribution in [3.8, 4) is 0 Å². The molecule has 2 aromatic carbocycles. The number of nitrogens with one attached hydrogen (secondary N) is 2. The lowest BCUT2D eigenvalue weighted by Crippen LogP contribution is -2.41. The van der Waals surface area contributed by atoms with Gasteiger partial charge in [-0.1, -0.05) is 36.4 Å². The zero-order valence-corrected chi connectivity index (χ0v) is 17.2. The van der Waals surface area contributed by atoms with E-state index in [1.807, 2.05) is 30.3 Å². The number of rotatable bonds is 5. The number of nitrogens with zero attached hydrogens (tertiary/aromatic N) is 1. The molecular weight excluding hydrogens is 362 g/mol. The van der Waals surface area contributed by atoms with Crippen LogP contribution in [0.5, 0.6) is 0 Å². The number of carbonyl (C=O) groups is 1. The van der Waals surface area contributed by atoms with E-state index in [0.717, 1.165) is 5.56 Å². The third-order valence-corrected chi connectivity index (χ3v) is 5.78. The van der Waals surface area contributed by atoms with Gasteiger partial charge in [-0.3, -0.25) is 4.90 Å². The van der Waals surface area contributed by atoms with Crippen LogP contribution < -0.4 is 14.9 Å². The van der Waals surface area contributed by atoms with Crippen molar-refractivity contribution >= 4 is 21.7 Å². The Morgan fingerprint density at radius 3 is 2.30 bits per heavy atom. The average Bonchev–Trinajstić information content (AvgIpc) is 2.58. The van der Waals surface area contributed by atoms with Gasteiger partial charge in [0, 0.05) is 24.8 Å². The molecule has 0 unspecified atom stereocenters. The molecule has 7 heteroatoms. The lowest BCUT2D eigenvalue weighted by atomic mass is 10.1. The third kappa shape index (κ3) is 5.80. The first kappa shape index (κ1) is 20.9. The minimum absolute atomic E-state index is 0.164. The maximum Gasteiger partial charge on any atom is 0.321 e. The fourth-order valence-corrected chi connectivity index (χ4v) is 4.24. The summed E-state index contributed by atoms with van der Waals surface area (Å²) < 4.78 is 28.0. The van der Waals surface area contributed by atoms with E-state index in [1.165, 1.54) is 11.0 Å². The molecule has 0 bridgehead atoms. The first-order valence-electron chi connectivity index (χ1n) is 8.70. The number of anilines is 1. The van der Waals surface area contributed by atoms with Crippen LogP contribution in [-0.4, -0.2) is 27.0 Å². The number of carbonyl (C=O) groups excluding carboxylic acids is 1. The van der Waals surface area contributed by atoms with Crippen molar-refractivity contribution in [2.75, 3.05) is 11.9 Å². The summed E-state index contributed by atoms with van der Waals surface area (Å²) in [7, 11) is -2.08. The summed E-state index contributed by atoms with van der Waals surface area (Å²) in [6, 6.07) is 14.2. The Balaban J connectivity index is 2.19. The van der Waals surface area contributed by atoms with Crippen molar-refractivity contribution in [1.29, 1.82) is 0 Å². The number of urea groups is 1. The van der Waals surface area contributed by atoms with Gasteiger partial charge in [0.15, 0.2) is 0 Å². The number of hydrogen-bond donors (Lipinski definition) is 2. The van der Waals surface area contributed by atoms with Gasteiger partial charge in [0.05, 0.1) is 4.90 Å². The molecule has 0 heterocycles. The molecule has 0 saturated heterocycles. The van der Waals surface area contributed by atoms with Crippen LogP contribution in [0, 0.1) is 6.92 Å². The third-order valence-electron chi connectivity index (χ3n) is 3.88. The summed E-state index contributed by atoms with van der Waals surface area (Å²) in [4.78, 5) is 14.0. The lowest BCUT2D eigenvalue weighted by Gasteiger charge is -2.23. The minimum atomic E-state index is -3.69. The molecule has 146 valence electrons. The molecule has 0 fully saturated rings. The van der Waals surface area contributed by atoms with Crippen LogP contribution in [0.1, 0.15) is 31.9 Å². The van der Waals surface area contributed by atoms with E-state index in [9.17, 15) is 13.2 Å². The van der Waals surface area contributed by atoms with Crippen LogP contribution in [0.4, 0.5) is 10.5 Å². The fourth-order valence-electron chi connectivity index (χ4n) is 2.55. The minimum Gasteiger partial charge on any atom is -0.334 e. The van der Waals surface area contributed by atoms with Gasteiger partial charge in [0.2, 0.25) is 10.0 Å². The number of amides is 2. The molecule has 2 amide bonds. The molecule has 0 aromatic heterocycles. The second kappa shape index (κ2) is 8.10. The van der Waals surface area contributed by atoms with Crippen molar-refractivity contribution in [1.82, 2.24) is 10.0 Å². The summed E-state index contributed by atoms with van der Waals surface area (Å²) in [5, 5.41) is 2.83. The normalized spacial score (nSPS) is 11.9. The van der Waals surface area contributed by atoms with Gasteiger partial charge < -0.3 is 5.32 Å². The molecule has 0 aliphatic carbocycles. The Labute approximate surface area is 161 Å². The summed E-state index contributed by atoms with van der Waals surface area (Å²) in [6.07, 6.45) is 0. The summed E-state index contributed by atoms with van der Waals surface area (Å²) in [5.41, 5.74) is 1.51. The molecule has 0 saturated carbocycles. The largest absolute Gasteiger partial charge is 0.334 e. The molecule has 6 nitrogen and oxygen atoms in total. The molecule has 0 radical (unpaired) electrons. The second-order valence-corrected chi connectivity index (χ2v) is 9.16. The predicted molar refractivity (Wildman–Crippen MR) is 108 cm³/mol. The number of benzene rings is 2. The van der Waals surface area contributed by atoms with Gasteiger partial charge in [-0.15, -0.1) is 0 Å². The topological polar surface area (TPSA) is 78.5 Å². The molecule has 2 rings (SSSR count). The van der Waals surface area contributed by atoms with Crippen LogP contribution in [0.25, 0.3) is 0 Å². The zero-order valence-electron chi connectivity index (χ0n) is 16.4. The first-order valence-corrected chi connectivity index (χ1v) is 10.2. The Morgan fingerprint density at radius 2 is 1.70 bits per heavy atom. The van der Waals surface area contributed by atoms with Gasteiger partial charge in [-0.25, -0.2) is 17.9 Å². The predicted octanol–water partition coefficient (Wildman–Crippen LogP) is 3.42. The molecule has 0 atom stereocenters. The highest BCUT2D eigenvalue weighted by Gasteiger charge is 2.24. The van der Waals surface area contributed by atoms with E-state index >= 15 is 0 Å². The SMILES string of the molecule is Cc1ccc(N(C)C(=O)NCc2ccccc2)cc1S(=O)(=O)NC(C)(C)C. The van der Waals surface area contributed by atoms with Crippen molar-refractivity contribution in [2.45, 2.75) is 44.7 Å². The van der Waals surface area contributed by atoms with Gasteiger partial charge >= 0.3 is 6.03 Å². The van der Waals surface area contributed by atoms with E-state index in [4.69, 9.17) is 0 Å². The number of aryl methyl sites for hydroxylation is 1. The van der Waals surface area contributed by atoms with Gasteiger partial charge in [0.25, 0.3) is 0 Å². The first-order chi connectivity index (χ1) is 12.5. The van der Waals surface area contributed by atoms with Gasteiger partial charge in [0.1, 0.15) is 0 Å². The van der Waals surface area contributed by atoms with E-state index in [0.29, 0.717) is 17.8 Å². The molecule has 2 aromatic rings. The summed E-state index contributed by atoms with van der Waals surface area (Å²) >= 11 is 0. The summed E-state index contributed by atoms with van der Waals surface area (Å²) in [6.45, 7) is 7.48. The quantitative estimate of drug-likeness (QED) is 0.822. The maximum absolute atomic E-state index is 12.7. The Hall–Kier alpha value is -2.38. The highest BCUT2D eigenvalue weighted by molar-refractivity contribution is 7.89. The summed E-state index contributed by atoms with van der Waals surface area (Å²) in [5.74, 6) is 0. The highest BCUT2D eigenvalue weighted by Crippen LogP contribution is 2.23. The molecule has 0 aliphatic heterocycles. The van der Waals surface area contributed by atoms with Crippen molar-refractivity contribution < 1.29 is 13.2 Å². The second-order valence-electron chi connectivity index (χ2n) is 7.51. The van der Waals surface area contributed by atoms with Crippen molar-refractivity contribution in [2.24, 2.45) is 0 Å². The monoisotopic (exact) mass is 389 g/mol. The molecule has 0 spiro atoms. The van der Waals surface area contributed by atoms with Crippen molar-refractivity contribution in [3.63, 3.8) is 0 Å². The Bertz CT molecular complexity index is 904. The zero-order chi connectivity index (χ0) is 20.2. The molecule has 2 N–H and O–H groups in total. The lowest BCUT2D eigenvalue weighted by molar-refractivity contribution is 0.247. The average molecular weight is 390 g/mol.